The number of carbonyl (C=O) groups excluding carboxylic acids is 1. The summed E-state index contributed by atoms with van der Waals surface area (Å²) >= 11 is 0. The third-order valence-corrected chi connectivity index (χ3v) is 4.11. The quantitative estimate of drug-likeness (QED) is 0.271. The van der Waals surface area contributed by atoms with Crippen LogP contribution in [0.1, 0.15) is 16.9 Å². The summed E-state index contributed by atoms with van der Waals surface area (Å²) in [6, 6.07) is 16.6. The highest BCUT2D eigenvalue weighted by Gasteiger charge is 2.26. The van der Waals surface area contributed by atoms with Crippen molar-refractivity contribution in [1.82, 2.24) is 0 Å². The van der Waals surface area contributed by atoms with Crippen molar-refractivity contribution in [2.24, 2.45) is 4.99 Å². The molecule has 1 aliphatic rings. The molecule has 0 fully saturated rings. The molecule has 1 aromatic heterocycles. The predicted octanol–water partition coefficient (Wildman–Crippen LogP) is 4.11. The number of rotatable bonds is 6. The number of aliphatic imine (C=N–C) groups is 1. The number of hydrogen-bond acceptors (Lipinski definition) is 7. The number of nitro benzene ring substituents is 1. The molecule has 0 atom stereocenters. The summed E-state index contributed by atoms with van der Waals surface area (Å²) in [4.78, 5) is 26.6. The molecule has 0 amide bonds. The van der Waals surface area contributed by atoms with E-state index in [2.05, 4.69) is 4.99 Å². The Bertz CT molecular complexity index is 1110. The molecule has 0 saturated heterocycles. The number of benzene rings is 2. The summed E-state index contributed by atoms with van der Waals surface area (Å²) in [5.74, 6) is 0.425. The Labute approximate surface area is 164 Å². The number of ether oxygens (including phenoxy) is 2. The Morgan fingerprint density at radius 1 is 1.07 bits per heavy atom. The van der Waals surface area contributed by atoms with Crippen molar-refractivity contribution >= 4 is 23.6 Å². The van der Waals surface area contributed by atoms with E-state index in [0.717, 1.165) is 5.56 Å². The zero-order valence-corrected chi connectivity index (χ0v) is 15.0. The third-order valence-electron chi connectivity index (χ3n) is 4.11. The number of carbonyl (C=O) groups is 1. The SMILES string of the molecule is O=C1OC(c2ccco2)=N/C1=C\c1ccccc1OCc1ccc([N+](=O)[O-])cc1. The fourth-order valence-corrected chi connectivity index (χ4v) is 2.67. The molecule has 0 aliphatic carbocycles. The molecule has 1 aliphatic heterocycles. The first-order valence-corrected chi connectivity index (χ1v) is 8.62. The molecule has 0 radical (unpaired) electrons. The van der Waals surface area contributed by atoms with Crippen molar-refractivity contribution in [3.63, 3.8) is 0 Å². The second kappa shape index (κ2) is 7.81. The lowest BCUT2D eigenvalue weighted by atomic mass is 10.1. The van der Waals surface area contributed by atoms with Gasteiger partial charge in [-0.2, -0.15) is 0 Å². The van der Waals surface area contributed by atoms with E-state index in [4.69, 9.17) is 13.9 Å². The summed E-state index contributed by atoms with van der Waals surface area (Å²) < 4.78 is 16.2. The van der Waals surface area contributed by atoms with Crippen LogP contribution in [0.2, 0.25) is 0 Å². The molecule has 2 heterocycles. The van der Waals surface area contributed by atoms with Gasteiger partial charge in [0.25, 0.3) is 11.6 Å². The first-order valence-electron chi connectivity index (χ1n) is 8.62. The maximum absolute atomic E-state index is 12.1. The van der Waals surface area contributed by atoms with Crippen LogP contribution < -0.4 is 4.74 Å². The number of non-ortho nitro benzene ring substituents is 1. The van der Waals surface area contributed by atoms with Crippen molar-refractivity contribution in [1.29, 1.82) is 0 Å². The van der Waals surface area contributed by atoms with Gasteiger partial charge in [-0.3, -0.25) is 10.1 Å². The second-order valence-corrected chi connectivity index (χ2v) is 6.06. The molecule has 0 unspecified atom stereocenters. The van der Waals surface area contributed by atoms with E-state index in [1.165, 1.54) is 18.4 Å². The molecule has 144 valence electrons. The van der Waals surface area contributed by atoms with Gasteiger partial charge in [-0.1, -0.05) is 18.2 Å². The first-order chi connectivity index (χ1) is 14.1. The van der Waals surface area contributed by atoms with Crippen molar-refractivity contribution in [3.05, 3.63) is 99.6 Å². The van der Waals surface area contributed by atoms with Gasteiger partial charge in [0.2, 0.25) is 0 Å². The molecule has 8 heteroatoms. The summed E-state index contributed by atoms with van der Waals surface area (Å²) in [5.41, 5.74) is 1.56. The van der Waals surface area contributed by atoms with Crippen LogP contribution in [0.4, 0.5) is 5.69 Å². The van der Waals surface area contributed by atoms with Gasteiger partial charge in [0.15, 0.2) is 11.5 Å². The van der Waals surface area contributed by atoms with Gasteiger partial charge >= 0.3 is 5.97 Å². The summed E-state index contributed by atoms with van der Waals surface area (Å²) in [6.45, 7) is 0.212. The van der Waals surface area contributed by atoms with E-state index < -0.39 is 10.9 Å². The molecule has 0 saturated carbocycles. The van der Waals surface area contributed by atoms with Crippen LogP contribution in [-0.4, -0.2) is 16.8 Å². The molecule has 0 N–H and O–H groups in total. The van der Waals surface area contributed by atoms with Crippen LogP contribution in [0.3, 0.4) is 0 Å². The van der Waals surface area contributed by atoms with E-state index in [0.29, 0.717) is 17.1 Å². The van der Waals surface area contributed by atoms with Crippen LogP contribution in [0, 0.1) is 10.1 Å². The Morgan fingerprint density at radius 2 is 1.86 bits per heavy atom. The van der Waals surface area contributed by atoms with Crippen LogP contribution in [0.5, 0.6) is 5.75 Å². The standard InChI is InChI=1S/C21H14N2O6/c24-21-17(22-20(29-21)19-6-3-11-27-19)12-15-4-1-2-5-18(15)28-13-14-7-9-16(10-8-14)23(25)26/h1-12H,13H2/b17-12-. The van der Waals surface area contributed by atoms with Gasteiger partial charge in [-0.15, -0.1) is 0 Å². The van der Waals surface area contributed by atoms with Crippen LogP contribution in [-0.2, 0) is 16.1 Å². The largest absolute Gasteiger partial charge is 0.488 e. The molecule has 8 nitrogen and oxygen atoms in total. The predicted molar refractivity (Wildman–Crippen MR) is 103 cm³/mol. The minimum atomic E-state index is -0.582. The zero-order chi connectivity index (χ0) is 20.2. The summed E-state index contributed by atoms with van der Waals surface area (Å²) in [5, 5.41) is 10.7. The van der Waals surface area contributed by atoms with Crippen molar-refractivity contribution in [2.45, 2.75) is 6.61 Å². The lowest BCUT2D eigenvalue weighted by Gasteiger charge is -2.09. The molecule has 0 bridgehead atoms. The monoisotopic (exact) mass is 390 g/mol. The zero-order valence-electron chi connectivity index (χ0n) is 15.0. The molecule has 2 aromatic carbocycles. The van der Waals surface area contributed by atoms with Gasteiger partial charge in [-0.05, 0) is 42.0 Å². The third kappa shape index (κ3) is 4.06. The van der Waals surface area contributed by atoms with Crippen LogP contribution in [0.25, 0.3) is 6.08 Å². The van der Waals surface area contributed by atoms with Gasteiger partial charge in [0.1, 0.15) is 12.4 Å². The minimum absolute atomic E-state index is 0.0175. The maximum atomic E-state index is 12.1. The van der Waals surface area contributed by atoms with Gasteiger partial charge in [0, 0.05) is 17.7 Å². The Hall–Kier alpha value is -4.20. The van der Waals surface area contributed by atoms with E-state index in [9.17, 15) is 14.9 Å². The number of furan rings is 1. The molecule has 4 rings (SSSR count). The molecular formula is C21H14N2O6. The number of esters is 1. The average Bonchev–Trinajstić information content (AvgIpc) is 3.38. The lowest BCUT2D eigenvalue weighted by Crippen LogP contribution is -2.04. The van der Waals surface area contributed by atoms with Gasteiger partial charge in [0.05, 0.1) is 11.2 Å². The van der Waals surface area contributed by atoms with Gasteiger partial charge in [-0.25, -0.2) is 9.79 Å². The second-order valence-electron chi connectivity index (χ2n) is 6.06. The van der Waals surface area contributed by atoms with E-state index in [-0.39, 0.29) is 23.9 Å². The Balaban J connectivity index is 1.53. The van der Waals surface area contributed by atoms with E-state index in [1.807, 2.05) is 6.07 Å². The Kier molecular flexibility index (Phi) is 4.90. The number of para-hydroxylation sites is 1. The topological polar surface area (TPSA) is 104 Å². The average molecular weight is 390 g/mol. The van der Waals surface area contributed by atoms with Crippen molar-refractivity contribution in [3.8, 4) is 5.75 Å². The number of nitro groups is 1. The van der Waals surface area contributed by atoms with Crippen LogP contribution >= 0.6 is 0 Å². The fourth-order valence-electron chi connectivity index (χ4n) is 2.67. The van der Waals surface area contributed by atoms with E-state index >= 15 is 0 Å². The number of hydrogen-bond donors (Lipinski definition) is 0. The highest BCUT2D eigenvalue weighted by atomic mass is 16.6. The summed E-state index contributed by atoms with van der Waals surface area (Å²) in [7, 11) is 0. The fraction of sp³-hybridized carbons (Fsp3) is 0.0476. The van der Waals surface area contributed by atoms with E-state index in [1.54, 1.807) is 48.5 Å². The van der Waals surface area contributed by atoms with Gasteiger partial charge < -0.3 is 13.9 Å². The molecular weight excluding hydrogens is 376 g/mol. The summed E-state index contributed by atoms with van der Waals surface area (Å²) in [6.07, 6.45) is 3.04. The smallest absolute Gasteiger partial charge is 0.363 e. The normalized spacial score (nSPS) is 14.6. The number of nitrogens with zero attached hydrogens (tertiary/aromatic N) is 2. The van der Waals surface area contributed by atoms with Crippen molar-refractivity contribution < 1.29 is 23.6 Å². The molecule has 3 aromatic rings. The highest BCUT2D eigenvalue weighted by Crippen LogP contribution is 2.25. The molecule has 29 heavy (non-hydrogen) atoms. The lowest BCUT2D eigenvalue weighted by molar-refractivity contribution is -0.384. The van der Waals surface area contributed by atoms with Crippen molar-refractivity contribution in [2.75, 3.05) is 0 Å². The maximum Gasteiger partial charge on any atom is 0.363 e. The Morgan fingerprint density at radius 3 is 2.59 bits per heavy atom. The highest BCUT2D eigenvalue weighted by molar-refractivity contribution is 6.11. The molecule has 0 spiro atoms. The van der Waals surface area contributed by atoms with Crippen LogP contribution in [0.15, 0.2) is 82.0 Å². The minimum Gasteiger partial charge on any atom is -0.488 e. The number of cyclic esters (lactones) is 1. The first kappa shape index (κ1) is 18.2.